The molecule has 1 aromatic carbocycles. The number of piperidine rings is 1. The van der Waals surface area contributed by atoms with Gasteiger partial charge in [-0.2, -0.15) is 0 Å². The van der Waals surface area contributed by atoms with Crippen molar-refractivity contribution in [2.45, 2.75) is 63.0 Å². The lowest BCUT2D eigenvalue weighted by atomic mass is 9.79. The van der Waals surface area contributed by atoms with E-state index in [0.717, 1.165) is 71.4 Å². The number of nitrogens with one attached hydrogen (secondary N) is 1. The summed E-state index contributed by atoms with van der Waals surface area (Å²) in [4.78, 5) is 15.0. The van der Waals surface area contributed by atoms with E-state index in [1.807, 2.05) is 4.90 Å². The van der Waals surface area contributed by atoms with Crippen LogP contribution in [0.25, 0.3) is 0 Å². The van der Waals surface area contributed by atoms with E-state index in [1.54, 1.807) is 0 Å². The Hall–Kier alpha value is -1.59. The molecule has 1 N–H and O–H groups in total. The fourth-order valence-electron chi connectivity index (χ4n) is 5.28. The lowest BCUT2D eigenvalue weighted by Gasteiger charge is -2.44. The molecule has 0 bridgehead atoms. The Labute approximate surface area is 168 Å². The zero-order chi connectivity index (χ0) is 19.4. The van der Waals surface area contributed by atoms with Gasteiger partial charge in [0, 0.05) is 39.0 Å². The number of rotatable bonds is 3. The molecule has 1 aromatic rings. The number of benzene rings is 1. The highest BCUT2D eigenvalue weighted by Crippen LogP contribution is 2.36. The summed E-state index contributed by atoms with van der Waals surface area (Å²) in [5.74, 6) is 1.09. The average Bonchev–Trinajstić information content (AvgIpc) is 2.74. The Morgan fingerprint density at radius 1 is 1.18 bits per heavy atom. The van der Waals surface area contributed by atoms with Gasteiger partial charge in [0.2, 0.25) is 0 Å². The molecule has 28 heavy (non-hydrogen) atoms. The van der Waals surface area contributed by atoms with Crippen LogP contribution in [0, 0.1) is 5.92 Å². The van der Waals surface area contributed by atoms with Crippen molar-refractivity contribution in [2.75, 3.05) is 32.9 Å². The van der Waals surface area contributed by atoms with Gasteiger partial charge in [0.15, 0.2) is 0 Å². The van der Waals surface area contributed by atoms with E-state index in [4.69, 9.17) is 9.47 Å². The summed E-state index contributed by atoms with van der Waals surface area (Å²) < 4.78 is 11.6. The molecule has 4 rings (SSSR count). The van der Waals surface area contributed by atoms with Gasteiger partial charge in [0.05, 0.1) is 5.60 Å². The zero-order valence-electron chi connectivity index (χ0n) is 17.1. The summed E-state index contributed by atoms with van der Waals surface area (Å²) in [5, 5.41) is 3.33. The smallest absolute Gasteiger partial charge is 0.317 e. The van der Waals surface area contributed by atoms with Crippen LogP contribution in [-0.2, 0) is 9.47 Å². The predicted molar refractivity (Wildman–Crippen MR) is 109 cm³/mol. The highest BCUT2D eigenvalue weighted by Gasteiger charge is 2.40. The van der Waals surface area contributed by atoms with E-state index < -0.39 is 0 Å². The minimum atomic E-state index is -0.0826. The molecule has 3 aliphatic heterocycles. The molecular formula is C23H34N2O3. The molecule has 2 amide bonds. The van der Waals surface area contributed by atoms with E-state index in [-0.39, 0.29) is 17.7 Å². The standard InChI is InChI=1S/C23H34N2O3/c1-2-18-17-25(12-8-21(18)19-6-4-3-5-7-19)22(26)24-20-9-13-28-23(16-20)10-14-27-15-11-23/h3-7,18,20-21H,2,8-17H2,1H3,(H,24,26). The quantitative estimate of drug-likeness (QED) is 0.856. The summed E-state index contributed by atoms with van der Waals surface area (Å²) in [6.45, 7) is 6.21. The van der Waals surface area contributed by atoms with Crippen LogP contribution in [0.3, 0.4) is 0 Å². The van der Waals surface area contributed by atoms with Crippen LogP contribution in [0.4, 0.5) is 4.79 Å². The minimum absolute atomic E-state index is 0.0826. The van der Waals surface area contributed by atoms with E-state index in [2.05, 4.69) is 42.6 Å². The number of hydrogen-bond donors (Lipinski definition) is 1. The van der Waals surface area contributed by atoms with Crippen LogP contribution in [0.15, 0.2) is 30.3 Å². The van der Waals surface area contributed by atoms with Crippen LogP contribution in [0.2, 0.25) is 0 Å². The Morgan fingerprint density at radius 3 is 2.71 bits per heavy atom. The largest absolute Gasteiger partial charge is 0.381 e. The second-order valence-electron chi connectivity index (χ2n) is 8.70. The van der Waals surface area contributed by atoms with Crippen molar-refractivity contribution in [2.24, 2.45) is 5.92 Å². The Balaban J connectivity index is 1.34. The van der Waals surface area contributed by atoms with Crippen LogP contribution in [-0.4, -0.2) is 55.5 Å². The van der Waals surface area contributed by atoms with Crippen molar-refractivity contribution in [3.05, 3.63) is 35.9 Å². The summed E-state index contributed by atoms with van der Waals surface area (Å²) in [5.41, 5.74) is 1.33. The summed E-state index contributed by atoms with van der Waals surface area (Å²) in [6, 6.07) is 11.1. The summed E-state index contributed by atoms with van der Waals surface area (Å²) in [6.07, 6.45) is 5.86. The van der Waals surface area contributed by atoms with Crippen LogP contribution >= 0.6 is 0 Å². The number of amides is 2. The highest BCUT2D eigenvalue weighted by atomic mass is 16.5. The van der Waals surface area contributed by atoms with E-state index in [9.17, 15) is 4.79 Å². The number of likely N-dealkylation sites (tertiary alicyclic amines) is 1. The van der Waals surface area contributed by atoms with Crippen molar-refractivity contribution in [3.63, 3.8) is 0 Å². The maximum absolute atomic E-state index is 13.0. The fraction of sp³-hybridized carbons (Fsp3) is 0.696. The van der Waals surface area contributed by atoms with Crippen molar-refractivity contribution in [1.82, 2.24) is 10.2 Å². The number of carbonyl (C=O) groups is 1. The van der Waals surface area contributed by atoms with Gasteiger partial charge in [-0.3, -0.25) is 0 Å². The molecule has 0 saturated carbocycles. The van der Waals surface area contributed by atoms with Gasteiger partial charge in [-0.15, -0.1) is 0 Å². The first-order valence-electron chi connectivity index (χ1n) is 11.0. The summed E-state index contributed by atoms with van der Waals surface area (Å²) >= 11 is 0. The fourth-order valence-corrected chi connectivity index (χ4v) is 5.28. The van der Waals surface area contributed by atoms with Crippen molar-refractivity contribution in [3.8, 4) is 0 Å². The van der Waals surface area contributed by atoms with Gasteiger partial charge in [0.1, 0.15) is 0 Å². The van der Waals surface area contributed by atoms with Crippen LogP contribution < -0.4 is 5.32 Å². The monoisotopic (exact) mass is 386 g/mol. The van der Waals surface area contributed by atoms with Gasteiger partial charge in [-0.1, -0.05) is 43.7 Å². The van der Waals surface area contributed by atoms with Crippen molar-refractivity contribution in [1.29, 1.82) is 0 Å². The Bertz CT molecular complexity index is 639. The topological polar surface area (TPSA) is 50.8 Å². The SMILES string of the molecule is CCC1CN(C(=O)NC2CCOC3(CCOCC3)C2)CCC1c1ccccc1. The Morgan fingerprint density at radius 2 is 1.96 bits per heavy atom. The first-order chi connectivity index (χ1) is 13.7. The molecule has 3 unspecified atom stereocenters. The molecule has 0 radical (unpaired) electrons. The second kappa shape index (κ2) is 8.83. The van der Waals surface area contributed by atoms with Gasteiger partial charge < -0.3 is 19.7 Å². The number of urea groups is 1. The van der Waals surface area contributed by atoms with Gasteiger partial charge in [-0.25, -0.2) is 4.79 Å². The lowest BCUT2D eigenvalue weighted by molar-refractivity contribution is -0.139. The third-order valence-corrected chi connectivity index (χ3v) is 7.00. The van der Waals surface area contributed by atoms with Crippen LogP contribution in [0.5, 0.6) is 0 Å². The molecule has 3 fully saturated rings. The van der Waals surface area contributed by atoms with Crippen molar-refractivity contribution >= 4 is 6.03 Å². The molecule has 3 aliphatic rings. The molecule has 3 atom stereocenters. The van der Waals surface area contributed by atoms with Crippen molar-refractivity contribution < 1.29 is 14.3 Å². The minimum Gasteiger partial charge on any atom is -0.381 e. The maximum atomic E-state index is 13.0. The van der Waals surface area contributed by atoms with E-state index in [0.29, 0.717) is 11.8 Å². The maximum Gasteiger partial charge on any atom is 0.317 e. The third kappa shape index (κ3) is 4.36. The number of nitrogens with zero attached hydrogens (tertiary/aromatic N) is 1. The summed E-state index contributed by atoms with van der Waals surface area (Å²) in [7, 11) is 0. The first kappa shape index (κ1) is 19.7. The molecule has 5 nitrogen and oxygen atoms in total. The molecular weight excluding hydrogens is 352 g/mol. The number of hydrogen-bond acceptors (Lipinski definition) is 3. The molecule has 0 aliphatic carbocycles. The molecule has 5 heteroatoms. The number of carbonyl (C=O) groups excluding carboxylic acids is 1. The van der Waals surface area contributed by atoms with Gasteiger partial charge >= 0.3 is 6.03 Å². The molecule has 0 aromatic heterocycles. The van der Waals surface area contributed by atoms with Gasteiger partial charge in [0.25, 0.3) is 0 Å². The third-order valence-electron chi connectivity index (χ3n) is 7.00. The molecule has 3 heterocycles. The number of ether oxygens (including phenoxy) is 2. The molecule has 154 valence electrons. The van der Waals surface area contributed by atoms with E-state index in [1.165, 1.54) is 5.56 Å². The zero-order valence-corrected chi connectivity index (χ0v) is 17.1. The predicted octanol–water partition coefficient (Wildman–Crippen LogP) is 3.94. The lowest BCUT2D eigenvalue weighted by Crippen LogP contribution is -2.55. The average molecular weight is 387 g/mol. The van der Waals surface area contributed by atoms with Crippen LogP contribution in [0.1, 0.15) is 56.9 Å². The van der Waals surface area contributed by atoms with Gasteiger partial charge in [-0.05, 0) is 49.5 Å². The molecule has 1 spiro atoms. The highest BCUT2D eigenvalue weighted by molar-refractivity contribution is 5.74. The Kier molecular flexibility index (Phi) is 6.22. The normalized spacial score (nSPS) is 30.2. The van der Waals surface area contributed by atoms with E-state index >= 15 is 0 Å². The second-order valence-corrected chi connectivity index (χ2v) is 8.70. The molecule has 3 saturated heterocycles. The first-order valence-corrected chi connectivity index (χ1v) is 11.0.